The lowest BCUT2D eigenvalue weighted by molar-refractivity contribution is 0.0702. The molecule has 0 bridgehead atoms. The maximum Gasteiger partial charge on any atom is 0.276 e. The molecule has 0 aliphatic carbocycles. The first-order valence-corrected chi connectivity index (χ1v) is 7.74. The molecule has 0 saturated heterocycles. The maximum atomic E-state index is 12.8. The number of aromatic nitrogens is 6. The quantitative estimate of drug-likeness (QED) is 0.704. The second-order valence-corrected chi connectivity index (χ2v) is 5.99. The summed E-state index contributed by atoms with van der Waals surface area (Å²) in [6, 6.07) is 1.66. The number of carbonyl (C=O) groups excluding carboxylic acids is 1. The Hall–Kier alpha value is -2.97. The fourth-order valence-corrected chi connectivity index (χ4v) is 3.03. The second kappa shape index (κ2) is 5.91. The molecule has 3 aromatic rings. The second-order valence-electron chi connectivity index (χ2n) is 5.99. The van der Waals surface area contributed by atoms with E-state index in [0.717, 1.165) is 12.4 Å². The summed E-state index contributed by atoms with van der Waals surface area (Å²) in [4.78, 5) is 22.9. The average molecular weight is 327 g/mol. The molecule has 1 amide bonds. The lowest BCUT2D eigenvalue weighted by Gasteiger charge is -2.23. The van der Waals surface area contributed by atoms with Gasteiger partial charge in [0.05, 0.1) is 6.54 Å². The van der Waals surface area contributed by atoms with Gasteiger partial charge in [-0.05, 0) is 6.92 Å². The minimum Gasteiger partial charge on any atom is -0.361 e. The van der Waals surface area contributed by atoms with Crippen molar-refractivity contribution in [3.8, 4) is 0 Å². The van der Waals surface area contributed by atoms with Crippen LogP contribution in [0.2, 0.25) is 0 Å². The van der Waals surface area contributed by atoms with Crippen LogP contribution in [-0.4, -0.2) is 46.8 Å². The van der Waals surface area contributed by atoms with Crippen LogP contribution in [0.1, 0.15) is 22.1 Å². The highest BCUT2D eigenvalue weighted by Crippen LogP contribution is 2.19. The van der Waals surface area contributed by atoms with Gasteiger partial charge < -0.3 is 14.0 Å². The molecule has 0 spiro atoms. The predicted octanol–water partition coefficient (Wildman–Crippen LogP) is 0.743. The van der Waals surface area contributed by atoms with Gasteiger partial charge in [0.1, 0.15) is 24.2 Å². The highest BCUT2D eigenvalue weighted by molar-refractivity contribution is 5.92. The smallest absolute Gasteiger partial charge is 0.276 e. The molecular formula is C15H17N7O2. The van der Waals surface area contributed by atoms with Crippen LogP contribution >= 0.6 is 0 Å². The first kappa shape index (κ1) is 14.6. The van der Waals surface area contributed by atoms with Gasteiger partial charge in [0, 0.05) is 44.0 Å². The van der Waals surface area contributed by atoms with E-state index in [1.807, 2.05) is 6.20 Å². The van der Waals surface area contributed by atoms with Crippen molar-refractivity contribution in [2.75, 3.05) is 6.54 Å². The molecule has 4 rings (SSSR count). The predicted molar refractivity (Wildman–Crippen MR) is 81.7 cm³/mol. The number of fused-ring (bicyclic) bond motifs is 1. The Labute approximate surface area is 137 Å². The van der Waals surface area contributed by atoms with E-state index >= 15 is 0 Å². The minimum absolute atomic E-state index is 0.146. The van der Waals surface area contributed by atoms with Crippen LogP contribution in [-0.2, 0) is 19.6 Å². The molecule has 1 aliphatic rings. The number of carbonyl (C=O) groups is 1. The van der Waals surface area contributed by atoms with Gasteiger partial charge in [-0.2, -0.15) is 5.10 Å². The third kappa shape index (κ3) is 2.80. The monoisotopic (exact) mass is 327 g/mol. The summed E-state index contributed by atoms with van der Waals surface area (Å²) in [5, 5.41) is 8.01. The summed E-state index contributed by atoms with van der Waals surface area (Å²) >= 11 is 0. The topological polar surface area (TPSA) is 94.9 Å². The Kier molecular flexibility index (Phi) is 3.60. The van der Waals surface area contributed by atoms with Crippen molar-refractivity contribution in [1.29, 1.82) is 0 Å². The molecule has 124 valence electrons. The van der Waals surface area contributed by atoms with Crippen LogP contribution in [0.4, 0.5) is 0 Å². The Balaban J connectivity index is 1.60. The molecule has 3 aromatic heterocycles. The number of hydrogen-bond acceptors (Lipinski definition) is 6. The van der Waals surface area contributed by atoms with E-state index in [4.69, 9.17) is 4.52 Å². The van der Waals surface area contributed by atoms with Crippen molar-refractivity contribution in [1.82, 2.24) is 34.4 Å². The van der Waals surface area contributed by atoms with Crippen LogP contribution in [0.25, 0.3) is 0 Å². The Bertz CT molecular complexity index is 836. The largest absolute Gasteiger partial charge is 0.361 e. The third-order valence-corrected chi connectivity index (χ3v) is 4.11. The van der Waals surface area contributed by atoms with Crippen molar-refractivity contribution < 1.29 is 9.32 Å². The van der Waals surface area contributed by atoms with Crippen molar-refractivity contribution in [3.05, 3.63) is 48.4 Å². The van der Waals surface area contributed by atoms with Gasteiger partial charge in [-0.1, -0.05) is 5.16 Å². The van der Waals surface area contributed by atoms with Gasteiger partial charge in [-0.3, -0.25) is 9.48 Å². The van der Waals surface area contributed by atoms with Crippen LogP contribution in [0.15, 0.2) is 35.6 Å². The van der Waals surface area contributed by atoms with Gasteiger partial charge in [0.2, 0.25) is 0 Å². The number of imidazole rings is 1. The molecule has 1 aliphatic heterocycles. The third-order valence-electron chi connectivity index (χ3n) is 4.11. The van der Waals surface area contributed by atoms with Crippen LogP contribution in [0, 0.1) is 12.8 Å². The van der Waals surface area contributed by atoms with E-state index in [1.54, 1.807) is 35.1 Å². The zero-order valence-corrected chi connectivity index (χ0v) is 13.2. The fourth-order valence-electron chi connectivity index (χ4n) is 3.03. The summed E-state index contributed by atoms with van der Waals surface area (Å²) < 4.78 is 8.91. The van der Waals surface area contributed by atoms with Crippen molar-refractivity contribution in [2.24, 2.45) is 5.92 Å². The molecule has 0 fully saturated rings. The van der Waals surface area contributed by atoms with E-state index in [-0.39, 0.29) is 11.8 Å². The fraction of sp³-hybridized carbons (Fsp3) is 0.400. The van der Waals surface area contributed by atoms with E-state index < -0.39 is 0 Å². The molecule has 24 heavy (non-hydrogen) atoms. The Morgan fingerprint density at radius 1 is 1.42 bits per heavy atom. The summed E-state index contributed by atoms with van der Waals surface area (Å²) in [5.74, 6) is 1.53. The molecule has 0 N–H and O–H groups in total. The lowest BCUT2D eigenvalue weighted by Crippen LogP contribution is -2.35. The molecule has 4 heterocycles. The summed E-state index contributed by atoms with van der Waals surface area (Å²) in [6.07, 6.45) is 6.90. The molecule has 9 nitrogen and oxygen atoms in total. The van der Waals surface area contributed by atoms with Gasteiger partial charge in [0.15, 0.2) is 5.69 Å². The zero-order chi connectivity index (χ0) is 16.5. The standard InChI is InChI=1S/C15H17N7O2/c1-11-4-13(19-24-11)15(23)21-6-12(7-22-10-16-9-18-22)5-20-3-2-17-14(20)8-21/h2-4,9-10,12H,5-8H2,1H3. The normalized spacial score (nSPS) is 17.5. The van der Waals surface area contributed by atoms with E-state index in [0.29, 0.717) is 31.1 Å². The molecule has 0 radical (unpaired) electrons. The van der Waals surface area contributed by atoms with Crippen LogP contribution < -0.4 is 0 Å². The van der Waals surface area contributed by atoms with Crippen LogP contribution in [0.5, 0.6) is 0 Å². The zero-order valence-electron chi connectivity index (χ0n) is 13.2. The average Bonchev–Trinajstić information content (AvgIpc) is 3.28. The highest BCUT2D eigenvalue weighted by Gasteiger charge is 2.28. The maximum absolute atomic E-state index is 12.8. The molecule has 9 heteroatoms. The summed E-state index contributed by atoms with van der Waals surface area (Å²) in [6.45, 7) is 4.27. The number of aryl methyl sites for hydroxylation is 1. The van der Waals surface area contributed by atoms with Crippen molar-refractivity contribution >= 4 is 5.91 Å². The number of rotatable bonds is 3. The number of amides is 1. The SMILES string of the molecule is Cc1cc(C(=O)N2Cc3nccn3CC(Cn3cncn3)C2)no1. The van der Waals surface area contributed by atoms with E-state index in [2.05, 4.69) is 24.8 Å². The summed E-state index contributed by atoms with van der Waals surface area (Å²) in [7, 11) is 0. The van der Waals surface area contributed by atoms with Gasteiger partial charge in [-0.25, -0.2) is 9.97 Å². The van der Waals surface area contributed by atoms with Crippen LogP contribution in [0.3, 0.4) is 0 Å². The molecule has 1 atom stereocenters. The number of hydrogen-bond donors (Lipinski definition) is 0. The molecule has 0 aromatic carbocycles. The lowest BCUT2D eigenvalue weighted by atomic mass is 10.1. The van der Waals surface area contributed by atoms with Crippen molar-refractivity contribution in [2.45, 2.75) is 26.6 Å². The van der Waals surface area contributed by atoms with Gasteiger partial charge in [-0.15, -0.1) is 0 Å². The van der Waals surface area contributed by atoms with E-state index in [1.165, 1.54) is 6.33 Å². The summed E-state index contributed by atoms with van der Waals surface area (Å²) in [5.41, 5.74) is 0.326. The van der Waals surface area contributed by atoms with Gasteiger partial charge in [0.25, 0.3) is 5.91 Å². The molecule has 1 unspecified atom stereocenters. The molecule has 0 saturated carbocycles. The number of nitrogens with zero attached hydrogens (tertiary/aromatic N) is 7. The van der Waals surface area contributed by atoms with Crippen molar-refractivity contribution in [3.63, 3.8) is 0 Å². The van der Waals surface area contributed by atoms with E-state index in [9.17, 15) is 4.79 Å². The first-order chi connectivity index (χ1) is 11.7. The Morgan fingerprint density at radius 2 is 2.33 bits per heavy atom. The minimum atomic E-state index is -0.146. The highest BCUT2D eigenvalue weighted by atomic mass is 16.5. The Morgan fingerprint density at radius 3 is 3.08 bits per heavy atom. The van der Waals surface area contributed by atoms with Gasteiger partial charge >= 0.3 is 0 Å². The molecular weight excluding hydrogens is 310 g/mol. The first-order valence-electron chi connectivity index (χ1n) is 7.74.